The second-order valence-electron chi connectivity index (χ2n) is 13.6. The Kier molecular flexibility index (Phi) is 17.6. The van der Waals surface area contributed by atoms with Gasteiger partial charge in [-0.3, -0.25) is 28.8 Å². The summed E-state index contributed by atoms with van der Waals surface area (Å²) >= 11 is 0. The lowest BCUT2D eigenvalue weighted by Crippen LogP contribution is -2.57. The van der Waals surface area contributed by atoms with E-state index in [0.717, 1.165) is 0 Å². The smallest absolute Gasteiger partial charge is 0.408 e. The summed E-state index contributed by atoms with van der Waals surface area (Å²) in [5.41, 5.74) is -0.0666. The van der Waals surface area contributed by atoms with Crippen LogP contribution in [0.5, 0.6) is 0 Å². The van der Waals surface area contributed by atoms with Gasteiger partial charge in [-0.05, 0) is 66.4 Å². The molecule has 1 rings (SSSR count). The molecule has 7 amide bonds. The summed E-state index contributed by atoms with van der Waals surface area (Å²) in [7, 11) is 0. The molecular weight excluding hydrogens is 666 g/mol. The number of alkyl carbamates (subject to hydrolysis) is 1. The van der Waals surface area contributed by atoms with Crippen LogP contribution in [0.2, 0.25) is 0 Å². The van der Waals surface area contributed by atoms with Crippen molar-refractivity contribution in [3.8, 4) is 0 Å². The molecule has 51 heavy (non-hydrogen) atoms. The Morgan fingerprint density at radius 2 is 1.10 bits per heavy atom. The van der Waals surface area contributed by atoms with Crippen molar-refractivity contribution in [3.05, 3.63) is 35.9 Å². The van der Waals surface area contributed by atoms with E-state index >= 15 is 0 Å². The summed E-state index contributed by atoms with van der Waals surface area (Å²) in [6, 6.07) is 2.07. The summed E-state index contributed by atoms with van der Waals surface area (Å²) in [5.74, 6) is -5.52. The van der Waals surface area contributed by atoms with E-state index in [-0.39, 0.29) is 18.8 Å². The molecule has 6 atom stereocenters. The molecule has 1 aromatic rings. The summed E-state index contributed by atoms with van der Waals surface area (Å²) in [6.45, 7) is 13.6. The molecule has 0 saturated carbocycles. The van der Waals surface area contributed by atoms with Crippen LogP contribution in [-0.2, 0) is 44.7 Å². The van der Waals surface area contributed by atoms with Gasteiger partial charge in [-0.25, -0.2) is 9.59 Å². The number of carbonyl (C=O) groups excluding carboxylic acids is 7. The third-order valence-corrected chi connectivity index (χ3v) is 7.06. The van der Waals surface area contributed by atoms with E-state index in [1.165, 1.54) is 27.7 Å². The molecule has 0 aromatic heterocycles. The molecule has 0 aliphatic carbocycles. The number of hydrogen-bond donors (Lipinski definition) is 8. The Bertz CT molecular complexity index is 1400. The van der Waals surface area contributed by atoms with Gasteiger partial charge >= 0.3 is 12.1 Å². The Labute approximate surface area is 298 Å². The van der Waals surface area contributed by atoms with Crippen LogP contribution < -0.4 is 37.2 Å². The van der Waals surface area contributed by atoms with Crippen LogP contribution in [-0.4, -0.2) is 101 Å². The number of hydrogen-bond acceptors (Lipinski definition) is 9. The highest BCUT2D eigenvalue weighted by atomic mass is 16.6. The van der Waals surface area contributed by atoms with Gasteiger partial charge in [0.25, 0.3) is 0 Å². The van der Waals surface area contributed by atoms with Crippen molar-refractivity contribution in [1.29, 1.82) is 0 Å². The lowest BCUT2D eigenvalue weighted by atomic mass is 10.0. The van der Waals surface area contributed by atoms with Crippen molar-refractivity contribution in [3.63, 3.8) is 0 Å². The van der Waals surface area contributed by atoms with Gasteiger partial charge in [-0.15, -0.1) is 0 Å². The van der Waals surface area contributed by atoms with Gasteiger partial charge in [0.05, 0.1) is 6.54 Å². The minimum absolute atomic E-state index is 0.0214. The number of aliphatic carboxylic acids is 1. The third-order valence-electron chi connectivity index (χ3n) is 7.06. The molecule has 0 saturated heterocycles. The summed E-state index contributed by atoms with van der Waals surface area (Å²) in [6.07, 6.45) is -0.575. The topological polar surface area (TPSA) is 250 Å². The average molecular weight is 720 g/mol. The normalized spacial score (nSPS) is 14.6. The molecule has 0 radical (unpaired) electrons. The predicted molar refractivity (Wildman–Crippen MR) is 186 cm³/mol. The molecule has 0 spiro atoms. The van der Waals surface area contributed by atoms with Gasteiger partial charge in [0.15, 0.2) is 0 Å². The zero-order chi connectivity index (χ0) is 39.1. The highest BCUT2D eigenvalue weighted by Gasteiger charge is 2.29. The van der Waals surface area contributed by atoms with Crippen LogP contribution >= 0.6 is 0 Å². The Hall–Kier alpha value is -5.22. The minimum atomic E-state index is -1.21. The Morgan fingerprint density at radius 3 is 1.55 bits per heavy atom. The fourth-order valence-corrected chi connectivity index (χ4v) is 4.35. The van der Waals surface area contributed by atoms with E-state index in [2.05, 4.69) is 37.2 Å². The molecule has 0 unspecified atom stereocenters. The van der Waals surface area contributed by atoms with E-state index in [0.29, 0.717) is 5.56 Å². The van der Waals surface area contributed by atoms with Crippen molar-refractivity contribution >= 4 is 47.5 Å². The maximum absolute atomic E-state index is 13.1. The van der Waals surface area contributed by atoms with E-state index in [1.807, 2.05) is 13.8 Å². The molecule has 1 aromatic carbocycles. The minimum Gasteiger partial charge on any atom is -0.480 e. The van der Waals surface area contributed by atoms with E-state index in [4.69, 9.17) is 4.74 Å². The van der Waals surface area contributed by atoms with Crippen molar-refractivity contribution in [2.24, 2.45) is 5.92 Å². The van der Waals surface area contributed by atoms with E-state index < -0.39 is 95.9 Å². The van der Waals surface area contributed by atoms with E-state index in [9.17, 15) is 43.5 Å². The maximum Gasteiger partial charge on any atom is 0.408 e. The van der Waals surface area contributed by atoms with Crippen molar-refractivity contribution in [2.75, 3.05) is 6.54 Å². The van der Waals surface area contributed by atoms with Crippen LogP contribution in [0.1, 0.15) is 74.3 Å². The summed E-state index contributed by atoms with van der Waals surface area (Å²) in [4.78, 5) is 99.9. The molecule has 17 nitrogen and oxygen atoms in total. The van der Waals surface area contributed by atoms with Gasteiger partial charge in [-0.1, -0.05) is 44.2 Å². The first-order valence-electron chi connectivity index (χ1n) is 16.6. The number of nitrogens with one attached hydrogen (secondary N) is 7. The van der Waals surface area contributed by atoms with Crippen LogP contribution in [0.4, 0.5) is 4.79 Å². The molecule has 17 heteroatoms. The van der Waals surface area contributed by atoms with Crippen LogP contribution in [0.15, 0.2) is 30.3 Å². The molecule has 0 fully saturated rings. The monoisotopic (exact) mass is 719 g/mol. The molecule has 0 aliphatic rings. The van der Waals surface area contributed by atoms with Crippen molar-refractivity contribution in [1.82, 2.24) is 37.2 Å². The fraction of sp³-hybridized carbons (Fsp3) is 0.588. The first-order chi connectivity index (χ1) is 23.6. The SMILES string of the molecule is CC(C)C[C@H](NC(=O)[C@H](Cc1ccccc1)NC(=O)CNC(=O)[C@H](C)NC(=O)[C@H](C)NC(=O)[C@H](C)NC(=O)[C@H](C)NC(=O)OC(C)(C)C)C(=O)O. The molecular formula is C34H53N7O10. The quantitative estimate of drug-likeness (QED) is 0.0998. The summed E-state index contributed by atoms with van der Waals surface area (Å²) < 4.78 is 5.10. The second-order valence-corrected chi connectivity index (χ2v) is 13.6. The highest BCUT2D eigenvalue weighted by Crippen LogP contribution is 2.09. The van der Waals surface area contributed by atoms with Crippen LogP contribution in [0, 0.1) is 5.92 Å². The van der Waals surface area contributed by atoms with E-state index in [1.54, 1.807) is 51.1 Å². The molecule has 0 aliphatic heterocycles. The fourth-order valence-electron chi connectivity index (χ4n) is 4.35. The molecule has 0 bridgehead atoms. The first kappa shape index (κ1) is 43.8. The van der Waals surface area contributed by atoms with Gasteiger partial charge in [0.2, 0.25) is 35.4 Å². The average Bonchev–Trinajstić information content (AvgIpc) is 3.01. The molecule has 8 N–H and O–H groups in total. The number of benzene rings is 1. The lowest BCUT2D eigenvalue weighted by Gasteiger charge is -2.23. The Morgan fingerprint density at radius 1 is 0.627 bits per heavy atom. The number of carboxylic acids is 1. The zero-order valence-electron chi connectivity index (χ0n) is 30.7. The standard InChI is InChI=1S/C34H53N7O10/c1-18(2)15-25(32(48)49)41-31(47)24(16-23-13-11-10-12-14-23)40-26(42)17-35-27(43)19(3)36-28(44)20(4)37-29(45)21(5)38-30(46)22(6)39-33(50)51-34(7,8)9/h10-14,18-22,24-25H,15-17H2,1-9H3,(H,35,43)(H,36,44)(H,37,45)(H,38,46)(H,39,50)(H,40,42)(H,41,47)(H,48,49)/t19-,20-,21-,22-,24-,25-/m0/s1. The predicted octanol–water partition coefficient (Wildman–Crippen LogP) is -0.127. The first-order valence-corrected chi connectivity index (χ1v) is 16.6. The zero-order valence-corrected chi connectivity index (χ0v) is 30.7. The number of rotatable bonds is 18. The van der Waals surface area contributed by atoms with Gasteiger partial charge in [0.1, 0.15) is 41.9 Å². The Balaban J connectivity index is 2.69. The largest absolute Gasteiger partial charge is 0.480 e. The van der Waals surface area contributed by atoms with Crippen LogP contribution in [0.3, 0.4) is 0 Å². The van der Waals surface area contributed by atoms with Crippen molar-refractivity contribution in [2.45, 2.75) is 117 Å². The molecule has 284 valence electrons. The maximum atomic E-state index is 13.1. The number of amides is 7. The van der Waals surface area contributed by atoms with Crippen molar-refractivity contribution < 1.29 is 48.2 Å². The van der Waals surface area contributed by atoms with Gasteiger partial charge < -0.3 is 47.1 Å². The number of carbonyl (C=O) groups is 8. The summed E-state index contributed by atoms with van der Waals surface area (Å²) in [5, 5.41) is 26.6. The van der Waals surface area contributed by atoms with Gasteiger partial charge in [0, 0.05) is 6.42 Å². The number of carboxylic acid groups (broad SMARTS) is 1. The number of ether oxygens (including phenoxy) is 1. The third kappa shape index (κ3) is 17.3. The van der Waals surface area contributed by atoms with Gasteiger partial charge in [-0.2, -0.15) is 0 Å². The van der Waals surface area contributed by atoms with Crippen LogP contribution in [0.25, 0.3) is 0 Å². The second kappa shape index (κ2) is 20.5. The lowest BCUT2D eigenvalue weighted by molar-refractivity contribution is -0.142. The molecule has 0 heterocycles. The highest BCUT2D eigenvalue weighted by molar-refractivity contribution is 5.96.